The highest BCUT2D eigenvalue weighted by Crippen LogP contribution is 2.28. The van der Waals surface area contributed by atoms with Crippen molar-refractivity contribution in [2.24, 2.45) is 0 Å². The summed E-state index contributed by atoms with van der Waals surface area (Å²) >= 11 is 0. The van der Waals surface area contributed by atoms with Gasteiger partial charge >= 0.3 is 0 Å². The van der Waals surface area contributed by atoms with Crippen LogP contribution in [0.4, 0.5) is 0 Å². The van der Waals surface area contributed by atoms with Crippen LogP contribution in [-0.2, 0) is 17.6 Å². The summed E-state index contributed by atoms with van der Waals surface area (Å²) in [4.78, 5) is 0. The Morgan fingerprint density at radius 2 is 1.18 bits per heavy atom. The molecule has 3 rings (SSSR count). The van der Waals surface area contributed by atoms with Gasteiger partial charge in [0.2, 0.25) is 0 Å². The monoisotopic (exact) mass is 520 g/mol. The Balaban J connectivity index is 1.61. The molecule has 0 radical (unpaired) electrons. The fourth-order valence-electron chi connectivity index (χ4n) is 4.91. The minimum atomic E-state index is -1.06. The SMILES string of the molecule is CCCCCCCCCCCC#CC1(O)CCc2ccccc2OCCOCCOc2ccccc2CC1. The third kappa shape index (κ3) is 11.5. The summed E-state index contributed by atoms with van der Waals surface area (Å²) in [5.74, 6) is 8.34. The van der Waals surface area contributed by atoms with Gasteiger partial charge in [-0.3, -0.25) is 0 Å². The van der Waals surface area contributed by atoms with E-state index in [1.165, 1.54) is 51.4 Å². The third-order valence-electron chi connectivity index (χ3n) is 7.26. The maximum absolute atomic E-state index is 11.7. The molecule has 0 bridgehead atoms. The largest absolute Gasteiger partial charge is 0.491 e. The first-order chi connectivity index (χ1) is 18.7. The molecule has 0 saturated heterocycles. The van der Waals surface area contributed by atoms with Crippen molar-refractivity contribution in [1.29, 1.82) is 0 Å². The van der Waals surface area contributed by atoms with E-state index in [2.05, 4.69) is 30.9 Å². The Bertz CT molecular complexity index is 918. The zero-order valence-electron chi connectivity index (χ0n) is 23.5. The Labute approximate surface area is 231 Å². The lowest BCUT2D eigenvalue weighted by atomic mass is 9.88. The van der Waals surface area contributed by atoms with Crippen LogP contribution < -0.4 is 9.47 Å². The van der Waals surface area contributed by atoms with Crippen LogP contribution in [0.5, 0.6) is 11.5 Å². The topological polar surface area (TPSA) is 47.9 Å². The van der Waals surface area contributed by atoms with Crippen molar-refractivity contribution in [3.05, 3.63) is 59.7 Å². The van der Waals surface area contributed by atoms with Gasteiger partial charge < -0.3 is 19.3 Å². The number of para-hydroxylation sites is 2. The van der Waals surface area contributed by atoms with Gasteiger partial charge in [-0.25, -0.2) is 0 Å². The molecular weight excluding hydrogens is 472 g/mol. The highest BCUT2D eigenvalue weighted by atomic mass is 16.5. The summed E-state index contributed by atoms with van der Waals surface area (Å²) in [7, 11) is 0. The predicted octanol–water partition coefficient (Wildman–Crippen LogP) is 7.70. The standard InChI is InChI=1S/C34H48O4/c1-2-3-4-5-6-7-8-9-10-11-16-23-34(35)24-21-30-17-12-14-19-32(30)37-28-26-36-27-29-38-33-20-15-13-18-31(33)22-25-34/h12-15,17-20,35H,2-11,21-22,24-29H2,1H3. The molecule has 0 fully saturated rings. The van der Waals surface area contributed by atoms with Gasteiger partial charge in [-0.15, -0.1) is 5.92 Å². The number of unbranched alkanes of at least 4 members (excludes halogenated alkanes) is 9. The smallest absolute Gasteiger partial charge is 0.126 e. The number of ether oxygens (including phenoxy) is 3. The van der Waals surface area contributed by atoms with E-state index in [1.54, 1.807) is 0 Å². The molecule has 4 nitrogen and oxygen atoms in total. The van der Waals surface area contributed by atoms with E-state index in [1.807, 2.05) is 36.4 Å². The van der Waals surface area contributed by atoms with Crippen LogP contribution in [0.2, 0.25) is 0 Å². The summed E-state index contributed by atoms with van der Waals surface area (Å²) < 4.78 is 17.7. The van der Waals surface area contributed by atoms with Gasteiger partial charge in [-0.05, 0) is 55.4 Å². The van der Waals surface area contributed by atoms with Crippen LogP contribution in [0, 0.1) is 11.8 Å². The summed E-state index contributed by atoms with van der Waals surface area (Å²) in [5, 5.41) is 11.7. The molecule has 0 atom stereocenters. The van der Waals surface area contributed by atoms with Crippen LogP contribution in [0.25, 0.3) is 0 Å². The molecule has 0 unspecified atom stereocenters. The molecular formula is C34H48O4. The first-order valence-electron chi connectivity index (χ1n) is 14.9. The lowest BCUT2D eigenvalue weighted by Gasteiger charge is -2.24. The van der Waals surface area contributed by atoms with Gasteiger partial charge in [-0.2, -0.15) is 0 Å². The predicted molar refractivity (Wildman–Crippen MR) is 156 cm³/mol. The Morgan fingerprint density at radius 3 is 1.74 bits per heavy atom. The molecule has 0 amide bonds. The van der Waals surface area contributed by atoms with Crippen LogP contribution in [0.3, 0.4) is 0 Å². The molecule has 0 saturated carbocycles. The molecule has 0 aromatic heterocycles. The van der Waals surface area contributed by atoms with E-state index in [9.17, 15) is 5.11 Å². The number of hydrogen-bond donors (Lipinski definition) is 1. The molecule has 1 aliphatic rings. The molecule has 0 aliphatic carbocycles. The highest BCUT2D eigenvalue weighted by molar-refractivity contribution is 5.35. The van der Waals surface area contributed by atoms with E-state index in [0.717, 1.165) is 35.5 Å². The Hall–Kier alpha value is -2.48. The molecule has 2 aromatic carbocycles. The second-order valence-electron chi connectivity index (χ2n) is 10.4. The van der Waals surface area contributed by atoms with Crippen molar-refractivity contribution >= 4 is 0 Å². The maximum atomic E-state index is 11.7. The second-order valence-corrected chi connectivity index (χ2v) is 10.4. The first-order valence-corrected chi connectivity index (χ1v) is 14.9. The molecule has 1 aliphatic heterocycles. The molecule has 1 N–H and O–H groups in total. The average molecular weight is 521 g/mol. The van der Waals surface area contributed by atoms with E-state index in [4.69, 9.17) is 14.2 Å². The summed E-state index contributed by atoms with van der Waals surface area (Å²) in [6.45, 7) is 4.24. The lowest BCUT2D eigenvalue weighted by molar-refractivity contribution is 0.0726. The van der Waals surface area contributed by atoms with Crippen molar-refractivity contribution in [3.8, 4) is 23.3 Å². The van der Waals surface area contributed by atoms with Crippen molar-refractivity contribution in [3.63, 3.8) is 0 Å². The molecule has 0 spiro atoms. The van der Waals surface area contributed by atoms with Gasteiger partial charge in [-0.1, -0.05) is 101 Å². The number of rotatable bonds is 9. The minimum Gasteiger partial charge on any atom is -0.491 e. The quantitative estimate of drug-likeness (QED) is 0.272. The number of fused-ring (bicyclic) bond motifs is 2. The van der Waals surface area contributed by atoms with Crippen LogP contribution in [0.15, 0.2) is 48.5 Å². The van der Waals surface area contributed by atoms with Gasteiger partial charge in [0, 0.05) is 6.42 Å². The lowest BCUT2D eigenvalue weighted by Crippen LogP contribution is -2.28. The van der Waals surface area contributed by atoms with Crippen molar-refractivity contribution in [2.75, 3.05) is 26.4 Å². The Kier molecular flexibility index (Phi) is 14.2. The molecule has 4 heteroatoms. The molecule has 208 valence electrons. The fourth-order valence-corrected chi connectivity index (χ4v) is 4.91. The van der Waals surface area contributed by atoms with Gasteiger partial charge in [0.1, 0.15) is 30.3 Å². The fraction of sp³-hybridized carbons (Fsp3) is 0.588. The van der Waals surface area contributed by atoms with Gasteiger partial charge in [0.15, 0.2) is 0 Å². The highest BCUT2D eigenvalue weighted by Gasteiger charge is 2.25. The normalized spacial score (nSPS) is 16.2. The number of aliphatic hydroxyl groups is 1. The zero-order chi connectivity index (χ0) is 26.7. The summed E-state index contributed by atoms with van der Waals surface area (Å²) in [6.07, 6.45) is 15.1. The summed E-state index contributed by atoms with van der Waals surface area (Å²) in [6, 6.07) is 16.2. The zero-order valence-corrected chi connectivity index (χ0v) is 23.5. The second kappa shape index (κ2) is 17.9. The van der Waals surface area contributed by atoms with E-state index < -0.39 is 5.60 Å². The average Bonchev–Trinajstić information content (AvgIpc) is 2.94. The number of aryl methyl sites for hydroxylation is 2. The van der Waals surface area contributed by atoms with E-state index >= 15 is 0 Å². The molecule has 38 heavy (non-hydrogen) atoms. The molecule has 2 aromatic rings. The Morgan fingerprint density at radius 1 is 0.684 bits per heavy atom. The maximum Gasteiger partial charge on any atom is 0.126 e. The van der Waals surface area contributed by atoms with E-state index in [0.29, 0.717) is 52.1 Å². The minimum absolute atomic E-state index is 0.483. The van der Waals surface area contributed by atoms with Crippen molar-refractivity contribution < 1.29 is 19.3 Å². The van der Waals surface area contributed by atoms with Gasteiger partial charge in [0.05, 0.1) is 13.2 Å². The molecule has 1 heterocycles. The van der Waals surface area contributed by atoms with Crippen molar-refractivity contribution in [1.82, 2.24) is 0 Å². The van der Waals surface area contributed by atoms with Crippen LogP contribution in [-0.4, -0.2) is 37.1 Å². The van der Waals surface area contributed by atoms with Crippen LogP contribution in [0.1, 0.15) is 95.1 Å². The third-order valence-corrected chi connectivity index (χ3v) is 7.26. The summed E-state index contributed by atoms with van der Waals surface area (Å²) in [5.41, 5.74) is 1.14. The number of benzene rings is 2. The van der Waals surface area contributed by atoms with Crippen molar-refractivity contribution in [2.45, 2.75) is 102 Å². The van der Waals surface area contributed by atoms with Crippen LogP contribution >= 0.6 is 0 Å². The first kappa shape index (κ1) is 30.1. The van der Waals surface area contributed by atoms with Gasteiger partial charge in [0.25, 0.3) is 0 Å². The number of hydrogen-bond acceptors (Lipinski definition) is 4. The van der Waals surface area contributed by atoms with E-state index in [-0.39, 0.29) is 0 Å².